The first-order chi connectivity index (χ1) is 10.6. The summed E-state index contributed by atoms with van der Waals surface area (Å²) in [5.74, 6) is 1.31. The highest BCUT2D eigenvalue weighted by atomic mass is 16.5. The summed E-state index contributed by atoms with van der Waals surface area (Å²) in [6.07, 6.45) is 1.64. The lowest BCUT2D eigenvalue weighted by Crippen LogP contribution is -2.14. The molecule has 0 atom stereocenters. The van der Waals surface area contributed by atoms with Gasteiger partial charge in [0.25, 0.3) is 5.91 Å². The van der Waals surface area contributed by atoms with E-state index >= 15 is 0 Å². The van der Waals surface area contributed by atoms with Gasteiger partial charge in [-0.1, -0.05) is 0 Å². The second-order valence-electron chi connectivity index (χ2n) is 4.55. The lowest BCUT2D eigenvalue weighted by atomic mass is 10.1. The molecule has 0 unspecified atom stereocenters. The smallest absolute Gasteiger partial charge is 0.260 e. The normalized spacial score (nSPS) is 10.0. The van der Waals surface area contributed by atoms with E-state index in [9.17, 15) is 4.79 Å². The van der Waals surface area contributed by atoms with E-state index < -0.39 is 0 Å². The van der Waals surface area contributed by atoms with Crippen LogP contribution in [0.25, 0.3) is 0 Å². The maximum Gasteiger partial charge on any atom is 0.260 e. The zero-order chi connectivity index (χ0) is 16.1. The predicted molar refractivity (Wildman–Crippen MR) is 83.0 cm³/mol. The highest BCUT2D eigenvalue weighted by Gasteiger charge is 2.20. The number of carbonyl (C=O) groups excluding carboxylic acids is 1. The van der Waals surface area contributed by atoms with Gasteiger partial charge in [0.15, 0.2) is 11.5 Å². The highest BCUT2D eigenvalue weighted by molar-refractivity contribution is 6.06. The van der Waals surface area contributed by atoms with Gasteiger partial charge in [-0.25, -0.2) is 4.98 Å². The fraction of sp³-hybridized carbons (Fsp3) is 0.250. The third kappa shape index (κ3) is 3.11. The first kappa shape index (κ1) is 15.6. The molecule has 0 saturated heterocycles. The number of methoxy groups -OCH3 is 3. The summed E-state index contributed by atoms with van der Waals surface area (Å²) in [5.41, 5.74) is 1.34. The van der Waals surface area contributed by atoms with E-state index in [1.165, 1.54) is 21.3 Å². The van der Waals surface area contributed by atoms with Crippen LogP contribution in [-0.2, 0) is 0 Å². The predicted octanol–water partition coefficient (Wildman–Crippen LogP) is 2.67. The van der Waals surface area contributed by atoms with E-state index in [1.54, 1.807) is 24.4 Å². The molecule has 1 N–H and O–H groups in total. The molecular formula is C16H18N2O4. The summed E-state index contributed by atoms with van der Waals surface area (Å²) in [5, 5.41) is 2.74. The Bertz CT molecular complexity index is 686. The fourth-order valence-electron chi connectivity index (χ4n) is 2.07. The number of aromatic nitrogens is 1. The molecule has 22 heavy (non-hydrogen) atoms. The Morgan fingerprint density at radius 1 is 1.05 bits per heavy atom. The number of nitrogens with one attached hydrogen (secondary N) is 1. The quantitative estimate of drug-likeness (QED) is 0.919. The Labute approximate surface area is 129 Å². The van der Waals surface area contributed by atoms with E-state index in [-0.39, 0.29) is 5.91 Å². The SMILES string of the molecule is COc1ccc(C(=O)Nc2cc(C)ccn2)c(OC)c1OC. The average molecular weight is 302 g/mol. The van der Waals surface area contributed by atoms with Crippen LogP contribution in [-0.4, -0.2) is 32.2 Å². The van der Waals surface area contributed by atoms with Gasteiger partial charge in [0, 0.05) is 6.20 Å². The largest absolute Gasteiger partial charge is 0.493 e. The lowest BCUT2D eigenvalue weighted by Gasteiger charge is -2.15. The maximum atomic E-state index is 12.4. The molecule has 0 aliphatic carbocycles. The van der Waals surface area contributed by atoms with Crippen molar-refractivity contribution < 1.29 is 19.0 Å². The van der Waals surface area contributed by atoms with Crippen LogP contribution >= 0.6 is 0 Å². The summed E-state index contributed by atoms with van der Waals surface area (Å²) in [7, 11) is 4.48. The zero-order valence-corrected chi connectivity index (χ0v) is 13.0. The van der Waals surface area contributed by atoms with E-state index in [2.05, 4.69) is 10.3 Å². The Hall–Kier alpha value is -2.76. The van der Waals surface area contributed by atoms with E-state index in [4.69, 9.17) is 14.2 Å². The maximum absolute atomic E-state index is 12.4. The van der Waals surface area contributed by atoms with Crippen LogP contribution in [0.4, 0.5) is 5.82 Å². The molecule has 0 radical (unpaired) electrons. The van der Waals surface area contributed by atoms with Gasteiger partial charge < -0.3 is 19.5 Å². The van der Waals surface area contributed by atoms with Crippen LogP contribution < -0.4 is 19.5 Å². The van der Waals surface area contributed by atoms with Crippen molar-refractivity contribution in [2.24, 2.45) is 0 Å². The van der Waals surface area contributed by atoms with Crippen molar-refractivity contribution in [2.45, 2.75) is 6.92 Å². The van der Waals surface area contributed by atoms with Crippen LogP contribution in [0.5, 0.6) is 17.2 Å². The Kier molecular flexibility index (Phi) is 4.83. The van der Waals surface area contributed by atoms with E-state index in [1.807, 2.05) is 13.0 Å². The van der Waals surface area contributed by atoms with Crippen LogP contribution in [0.1, 0.15) is 15.9 Å². The number of hydrogen-bond donors (Lipinski definition) is 1. The number of anilines is 1. The van der Waals surface area contributed by atoms with Crippen LogP contribution in [0.15, 0.2) is 30.5 Å². The number of carbonyl (C=O) groups is 1. The topological polar surface area (TPSA) is 69.7 Å². The Morgan fingerprint density at radius 3 is 2.36 bits per heavy atom. The third-order valence-electron chi connectivity index (χ3n) is 3.11. The summed E-state index contributed by atoms with van der Waals surface area (Å²) in [6, 6.07) is 6.91. The summed E-state index contributed by atoms with van der Waals surface area (Å²) in [6.45, 7) is 1.92. The van der Waals surface area contributed by atoms with Crippen molar-refractivity contribution in [3.8, 4) is 17.2 Å². The zero-order valence-electron chi connectivity index (χ0n) is 13.0. The van der Waals surface area contributed by atoms with Gasteiger partial charge in [0.2, 0.25) is 5.75 Å². The molecule has 0 saturated carbocycles. The number of ether oxygens (including phenoxy) is 3. The molecule has 1 heterocycles. The molecule has 0 bridgehead atoms. The van der Waals surface area contributed by atoms with Crippen molar-refractivity contribution in [3.63, 3.8) is 0 Å². The highest BCUT2D eigenvalue weighted by Crippen LogP contribution is 2.39. The Morgan fingerprint density at radius 2 is 1.77 bits per heavy atom. The minimum atomic E-state index is -0.337. The molecule has 0 fully saturated rings. The monoisotopic (exact) mass is 302 g/mol. The van der Waals surface area contributed by atoms with E-state index in [0.717, 1.165) is 5.56 Å². The van der Waals surface area contributed by atoms with Gasteiger partial charge in [-0.2, -0.15) is 0 Å². The lowest BCUT2D eigenvalue weighted by molar-refractivity contribution is 0.102. The molecule has 116 valence electrons. The fourth-order valence-corrected chi connectivity index (χ4v) is 2.07. The van der Waals surface area contributed by atoms with Gasteiger partial charge in [-0.05, 0) is 36.8 Å². The molecule has 2 rings (SSSR count). The second kappa shape index (κ2) is 6.80. The number of amides is 1. The standard InChI is InChI=1S/C16H18N2O4/c1-10-7-8-17-13(9-10)18-16(19)11-5-6-12(20-2)15(22-4)14(11)21-3/h5-9H,1-4H3,(H,17,18,19). The summed E-state index contributed by atoms with van der Waals surface area (Å²) < 4.78 is 15.8. The third-order valence-corrected chi connectivity index (χ3v) is 3.11. The molecule has 1 aromatic carbocycles. The van der Waals surface area contributed by atoms with Gasteiger partial charge in [0.1, 0.15) is 5.82 Å². The van der Waals surface area contributed by atoms with Crippen LogP contribution in [0, 0.1) is 6.92 Å². The van der Waals surface area contributed by atoms with Gasteiger partial charge in [-0.3, -0.25) is 4.79 Å². The minimum Gasteiger partial charge on any atom is -0.493 e. The first-order valence-electron chi connectivity index (χ1n) is 6.63. The summed E-state index contributed by atoms with van der Waals surface area (Å²) >= 11 is 0. The second-order valence-corrected chi connectivity index (χ2v) is 4.55. The number of pyridine rings is 1. The molecule has 0 aliphatic heterocycles. The summed E-state index contributed by atoms with van der Waals surface area (Å²) in [4.78, 5) is 16.6. The molecule has 6 heteroatoms. The van der Waals surface area contributed by atoms with Crippen molar-refractivity contribution >= 4 is 11.7 Å². The first-order valence-corrected chi connectivity index (χ1v) is 6.63. The molecule has 0 aliphatic rings. The number of rotatable bonds is 5. The van der Waals surface area contributed by atoms with Crippen molar-refractivity contribution in [2.75, 3.05) is 26.6 Å². The molecular weight excluding hydrogens is 284 g/mol. The molecule has 1 aromatic heterocycles. The molecule has 6 nitrogen and oxygen atoms in total. The van der Waals surface area contributed by atoms with Gasteiger partial charge in [0.05, 0.1) is 26.9 Å². The van der Waals surface area contributed by atoms with Crippen LogP contribution in [0.3, 0.4) is 0 Å². The number of nitrogens with zero attached hydrogens (tertiary/aromatic N) is 1. The minimum absolute atomic E-state index is 0.312. The average Bonchev–Trinajstić information content (AvgIpc) is 2.53. The Balaban J connectivity index is 2.37. The van der Waals surface area contributed by atoms with E-state index in [0.29, 0.717) is 28.6 Å². The molecule has 0 spiro atoms. The number of hydrogen-bond acceptors (Lipinski definition) is 5. The molecule has 1 amide bonds. The van der Waals surface area contributed by atoms with Gasteiger partial charge in [-0.15, -0.1) is 0 Å². The van der Waals surface area contributed by atoms with Crippen molar-refractivity contribution in [1.82, 2.24) is 4.98 Å². The van der Waals surface area contributed by atoms with Gasteiger partial charge >= 0.3 is 0 Å². The molecule has 2 aromatic rings. The van der Waals surface area contributed by atoms with Crippen molar-refractivity contribution in [1.29, 1.82) is 0 Å². The van der Waals surface area contributed by atoms with Crippen LogP contribution in [0.2, 0.25) is 0 Å². The number of benzene rings is 1. The number of aryl methyl sites for hydroxylation is 1. The van der Waals surface area contributed by atoms with Crippen molar-refractivity contribution in [3.05, 3.63) is 41.6 Å².